The summed E-state index contributed by atoms with van der Waals surface area (Å²) in [5, 5.41) is 12.3. The number of carboxylic acids is 1. The van der Waals surface area contributed by atoms with E-state index in [0.29, 0.717) is 35.2 Å². The average molecular weight is 568 g/mol. The second-order valence-corrected chi connectivity index (χ2v) is 9.80. The van der Waals surface area contributed by atoms with Crippen LogP contribution in [-0.2, 0) is 16.0 Å². The molecule has 1 atom stereocenters. The highest BCUT2D eigenvalue weighted by Crippen LogP contribution is 2.28. The van der Waals surface area contributed by atoms with E-state index in [0.717, 1.165) is 31.2 Å². The van der Waals surface area contributed by atoms with Crippen molar-refractivity contribution in [2.24, 2.45) is 17.6 Å². The van der Waals surface area contributed by atoms with Crippen LogP contribution >= 0.6 is 12.4 Å². The Balaban J connectivity index is 0.000000431. The molecule has 1 fully saturated rings. The lowest BCUT2D eigenvalue weighted by atomic mass is 9.81. The van der Waals surface area contributed by atoms with Gasteiger partial charge >= 0.3 is 5.97 Å². The average Bonchev–Trinajstić information content (AvgIpc) is 2.94. The lowest BCUT2D eigenvalue weighted by Gasteiger charge is -2.27. The fourth-order valence-electron chi connectivity index (χ4n) is 4.46. The standard InChI is InChI=1S/C23H28N2O4.C8H9NO.ClH/c24-15-16-9-11-18(12-10-16)22(26)25-21(23(27)28)14-17-5-4-8-20(13-17)29-19-6-2-1-3-7-19;1-6(10)7-2-4-8(9)5-3-7;/h1-8,13,16,18,21H,9-12,14-15,24H2,(H,25,26)(H,27,28);2-5H,9H2,1H3;1H/t16-,18-,21?;;. The van der Waals surface area contributed by atoms with Gasteiger partial charge in [-0.25, -0.2) is 4.79 Å². The lowest BCUT2D eigenvalue weighted by Crippen LogP contribution is -2.45. The maximum absolute atomic E-state index is 12.6. The number of carbonyl (C=O) groups is 3. The van der Waals surface area contributed by atoms with Crippen LogP contribution in [0.4, 0.5) is 5.69 Å². The van der Waals surface area contributed by atoms with Crippen LogP contribution < -0.4 is 21.5 Å². The van der Waals surface area contributed by atoms with E-state index in [1.54, 1.807) is 24.3 Å². The van der Waals surface area contributed by atoms with Crippen molar-refractivity contribution in [3.63, 3.8) is 0 Å². The van der Waals surface area contributed by atoms with E-state index in [1.807, 2.05) is 54.6 Å². The molecular formula is C31H38ClN3O5. The highest BCUT2D eigenvalue weighted by atomic mass is 35.5. The van der Waals surface area contributed by atoms with Crippen LogP contribution in [0, 0.1) is 11.8 Å². The molecule has 1 amide bonds. The zero-order chi connectivity index (χ0) is 28.2. The third-order valence-corrected chi connectivity index (χ3v) is 6.80. The number of Topliss-reactive ketones (excluding diaryl/α,β-unsaturated/α-hetero) is 1. The molecule has 214 valence electrons. The molecule has 0 saturated heterocycles. The minimum absolute atomic E-state index is 0. The van der Waals surface area contributed by atoms with Gasteiger partial charge in [0, 0.05) is 23.6 Å². The van der Waals surface area contributed by atoms with Gasteiger partial charge in [-0.1, -0.05) is 30.3 Å². The van der Waals surface area contributed by atoms with Crippen molar-refractivity contribution in [1.82, 2.24) is 5.32 Å². The van der Waals surface area contributed by atoms with E-state index in [1.165, 1.54) is 6.92 Å². The van der Waals surface area contributed by atoms with Crippen LogP contribution in [-0.4, -0.2) is 35.4 Å². The minimum Gasteiger partial charge on any atom is -0.480 e. The van der Waals surface area contributed by atoms with Crippen molar-refractivity contribution in [3.8, 4) is 11.5 Å². The van der Waals surface area contributed by atoms with Gasteiger partial charge in [0.15, 0.2) is 5.78 Å². The van der Waals surface area contributed by atoms with Crippen LogP contribution in [0.1, 0.15) is 48.5 Å². The number of benzene rings is 3. The molecule has 1 unspecified atom stereocenters. The number of hydrogen-bond donors (Lipinski definition) is 4. The van der Waals surface area contributed by atoms with Crippen molar-refractivity contribution in [1.29, 1.82) is 0 Å². The largest absolute Gasteiger partial charge is 0.480 e. The maximum Gasteiger partial charge on any atom is 0.326 e. The van der Waals surface area contributed by atoms with Gasteiger partial charge in [-0.15, -0.1) is 12.4 Å². The Bertz CT molecular complexity index is 1230. The highest BCUT2D eigenvalue weighted by molar-refractivity contribution is 5.94. The summed E-state index contributed by atoms with van der Waals surface area (Å²) in [6.45, 7) is 2.18. The summed E-state index contributed by atoms with van der Waals surface area (Å²) >= 11 is 0. The predicted molar refractivity (Wildman–Crippen MR) is 159 cm³/mol. The molecule has 0 spiro atoms. The first-order valence-electron chi connectivity index (χ1n) is 13.2. The van der Waals surface area contributed by atoms with Gasteiger partial charge in [-0.3, -0.25) is 9.59 Å². The fourth-order valence-corrected chi connectivity index (χ4v) is 4.46. The molecule has 0 heterocycles. The summed E-state index contributed by atoms with van der Waals surface area (Å²) < 4.78 is 5.81. The second-order valence-electron chi connectivity index (χ2n) is 9.80. The molecule has 9 heteroatoms. The monoisotopic (exact) mass is 567 g/mol. The van der Waals surface area contributed by atoms with Crippen molar-refractivity contribution in [3.05, 3.63) is 90.0 Å². The molecule has 1 aliphatic rings. The van der Waals surface area contributed by atoms with Gasteiger partial charge in [0.05, 0.1) is 0 Å². The number of aliphatic carboxylic acids is 1. The molecule has 1 aliphatic carbocycles. The molecule has 0 aromatic heterocycles. The summed E-state index contributed by atoms with van der Waals surface area (Å²) in [6, 6.07) is 22.6. The molecule has 0 bridgehead atoms. The molecule has 0 radical (unpaired) electrons. The molecule has 0 aliphatic heterocycles. The number of rotatable bonds is 9. The summed E-state index contributed by atoms with van der Waals surface area (Å²) in [5.41, 5.74) is 13.3. The van der Waals surface area contributed by atoms with Crippen molar-refractivity contribution in [2.75, 3.05) is 12.3 Å². The molecule has 1 saturated carbocycles. The van der Waals surface area contributed by atoms with Crippen molar-refractivity contribution >= 4 is 35.8 Å². The van der Waals surface area contributed by atoms with Gasteiger partial charge in [0.1, 0.15) is 17.5 Å². The van der Waals surface area contributed by atoms with Crippen LogP contribution in [0.25, 0.3) is 0 Å². The quantitative estimate of drug-likeness (QED) is 0.204. The Hall–Kier alpha value is -3.88. The third kappa shape index (κ3) is 10.4. The number of nitrogen functional groups attached to an aromatic ring is 1. The Labute approximate surface area is 241 Å². The van der Waals surface area contributed by atoms with Gasteiger partial charge in [-0.2, -0.15) is 0 Å². The molecule has 3 aromatic carbocycles. The summed E-state index contributed by atoms with van der Waals surface area (Å²) in [6.07, 6.45) is 3.57. The number of nitrogens with one attached hydrogen (secondary N) is 1. The number of hydrogen-bond acceptors (Lipinski definition) is 6. The maximum atomic E-state index is 12.6. The van der Waals surface area contributed by atoms with Crippen LogP contribution in [0.5, 0.6) is 11.5 Å². The lowest BCUT2D eigenvalue weighted by molar-refractivity contribution is -0.142. The van der Waals surface area contributed by atoms with E-state index in [2.05, 4.69) is 5.32 Å². The van der Waals surface area contributed by atoms with Crippen LogP contribution in [0.3, 0.4) is 0 Å². The van der Waals surface area contributed by atoms with Gasteiger partial charge < -0.3 is 26.6 Å². The summed E-state index contributed by atoms with van der Waals surface area (Å²) in [4.78, 5) is 35.0. The molecular weight excluding hydrogens is 530 g/mol. The molecule has 3 aromatic rings. The highest BCUT2D eigenvalue weighted by Gasteiger charge is 2.29. The van der Waals surface area contributed by atoms with E-state index in [-0.39, 0.29) is 36.4 Å². The number of halogens is 1. The molecule has 40 heavy (non-hydrogen) atoms. The Morgan fingerprint density at radius 1 is 0.925 bits per heavy atom. The van der Waals surface area contributed by atoms with E-state index in [4.69, 9.17) is 16.2 Å². The van der Waals surface area contributed by atoms with Crippen LogP contribution in [0.15, 0.2) is 78.9 Å². The van der Waals surface area contributed by atoms with Crippen molar-refractivity contribution in [2.45, 2.75) is 45.1 Å². The van der Waals surface area contributed by atoms with Gasteiger partial charge in [0.25, 0.3) is 0 Å². The molecule has 8 nitrogen and oxygen atoms in total. The van der Waals surface area contributed by atoms with E-state index in [9.17, 15) is 19.5 Å². The Morgan fingerprint density at radius 2 is 1.55 bits per heavy atom. The first kappa shape index (κ1) is 32.3. The number of ether oxygens (including phenoxy) is 1. The van der Waals surface area contributed by atoms with Crippen LogP contribution in [0.2, 0.25) is 0 Å². The molecule has 4 rings (SSSR count). The summed E-state index contributed by atoms with van der Waals surface area (Å²) in [7, 11) is 0. The van der Waals surface area contributed by atoms with Gasteiger partial charge in [0.2, 0.25) is 5.91 Å². The summed E-state index contributed by atoms with van der Waals surface area (Å²) in [5.74, 6) is 0.534. The molecule has 6 N–H and O–H groups in total. The number of para-hydroxylation sites is 1. The number of anilines is 1. The number of carbonyl (C=O) groups excluding carboxylic acids is 2. The topological polar surface area (TPSA) is 145 Å². The van der Waals surface area contributed by atoms with E-state index >= 15 is 0 Å². The predicted octanol–water partition coefficient (Wildman–Crippen LogP) is 5.25. The number of nitrogens with two attached hydrogens (primary N) is 2. The smallest absolute Gasteiger partial charge is 0.326 e. The SMILES string of the molecule is CC(=O)c1ccc(N)cc1.Cl.NC[C@H]1CC[C@H](C(=O)NC(Cc2cccc(Oc3ccccc3)c2)C(=O)O)CC1. The van der Waals surface area contributed by atoms with Gasteiger partial charge in [-0.05, 0) is 99.2 Å². The first-order valence-corrected chi connectivity index (χ1v) is 13.2. The Morgan fingerprint density at radius 3 is 2.12 bits per heavy atom. The van der Waals surface area contributed by atoms with E-state index < -0.39 is 12.0 Å². The zero-order valence-electron chi connectivity index (χ0n) is 22.6. The zero-order valence-corrected chi connectivity index (χ0v) is 23.4. The fraction of sp³-hybridized carbons (Fsp3) is 0.323. The Kier molecular flexibility index (Phi) is 13.2. The number of carboxylic acid groups (broad SMARTS) is 1. The first-order chi connectivity index (χ1) is 18.7. The number of amides is 1. The minimum atomic E-state index is -1.04. The number of ketones is 1. The normalized spacial score (nSPS) is 16.8. The van der Waals surface area contributed by atoms with Crippen molar-refractivity contribution < 1.29 is 24.2 Å². The second kappa shape index (κ2) is 16.3. The third-order valence-electron chi connectivity index (χ3n) is 6.80.